The van der Waals surface area contributed by atoms with Gasteiger partial charge in [-0.3, -0.25) is 4.79 Å². The molecule has 0 saturated carbocycles. The molecule has 0 spiro atoms. The van der Waals surface area contributed by atoms with Crippen molar-refractivity contribution in [3.05, 3.63) is 34.9 Å². The van der Waals surface area contributed by atoms with Crippen LogP contribution >= 0.6 is 12.2 Å². The van der Waals surface area contributed by atoms with Gasteiger partial charge in [0.2, 0.25) is 5.91 Å². The van der Waals surface area contributed by atoms with Crippen LogP contribution in [0.2, 0.25) is 0 Å². The second-order valence-electron chi connectivity index (χ2n) is 6.19. The lowest BCUT2D eigenvalue weighted by molar-refractivity contribution is -0.123. The van der Waals surface area contributed by atoms with Gasteiger partial charge in [-0.25, -0.2) is 0 Å². The first kappa shape index (κ1) is 14.1. The van der Waals surface area contributed by atoms with Crippen LogP contribution < -0.4 is 16.0 Å². The third-order valence-electron chi connectivity index (χ3n) is 4.95. The smallest absolute Gasteiger partial charge is 0.245 e. The molecule has 2 unspecified atom stereocenters. The topological polar surface area (TPSA) is 56.4 Å². The summed E-state index contributed by atoms with van der Waals surface area (Å²) in [5.41, 5.74) is 4.15. The highest BCUT2D eigenvalue weighted by Gasteiger charge is 2.42. The van der Waals surface area contributed by atoms with Crippen molar-refractivity contribution in [2.45, 2.75) is 38.0 Å². The molecule has 2 fully saturated rings. The molecule has 1 aromatic carbocycles. The summed E-state index contributed by atoms with van der Waals surface area (Å²) in [6, 6.07) is 6.58. The third kappa shape index (κ3) is 2.31. The number of fused-ring (bicyclic) bond motifs is 2. The Morgan fingerprint density at radius 3 is 3.14 bits per heavy atom. The van der Waals surface area contributed by atoms with Crippen LogP contribution in [0.5, 0.6) is 0 Å². The average Bonchev–Trinajstić information content (AvgIpc) is 3.01. The van der Waals surface area contributed by atoms with E-state index in [2.05, 4.69) is 39.0 Å². The zero-order chi connectivity index (χ0) is 15.1. The van der Waals surface area contributed by atoms with Crippen LogP contribution in [-0.4, -0.2) is 41.1 Å². The fraction of sp³-hybridized carbons (Fsp3) is 0.500. The van der Waals surface area contributed by atoms with E-state index in [1.807, 2.05) is 0 Å². The van der Waals surface area contributed by atoms with E-state index in [1.165, 1.54) is 16.7 Å². The van der Waals surface area contributed by atoms with Crippen LogP contribution in [0.25, 0.3) is 0 Å². The Morgan fingerprint density at radius 1 is 1.32 bits per heavy atom. The maximum absolute atomic E-state index is 12.0. The second kappa shape index (κ2) is 5.61. The van der Waals surface area contributed by atoms with E-state index in [1.54, 1.807) is 0 Å². The fourth-order valence-electron chi connectivity index (χ4n) is 3.80. The highest BCUT2D eigenvalue weighted by molar-refractivity contribution is 7.80. The predicted octanol–water partition coefficient (Wildman–Crippen LogP) is 0.279. The van der Waals surface area contributed by atoms with Gasteiger partial charge in [-0.15, -0.1) is 0 Å². The van der Waals surface area contributed by atoms with Crippen molar-refractivity contribution in [2.24, 2.45) is 0 Å². The minimum Gasteiger partial charge on any atom is -0.339 e. The number of carbonyl (C=O) groups is 1. The van der Waals surface area contributed by atoms with Gasteiger partial charge in [-0.05, 0) is 54.8 Å². The molecule has 4 rings (SSSR count). The summed E-state index contributed by atoms with van der Waals surface area (Å²) in [5.74, 6) is 0.0144. The van der Waals surface area contributed by atoms with Crippen LogP contribution in [-0.2, 0) is 24.3 Å². The Bertz CT molecular complexity index is 633. The molecule has 0 radical (unpaired) electrons. The van der Waals surface area contributed by atoms with E-state index < -0.39 is 0 Å². The lowest BCUT2D eigenvalue weighted by Crippen LogP contribution is -2.63. The Hall–Kier alpha value is -1.50. The molecule has 0 aliphatic carbocycles. The molecule has 3 heterocycles. The van der Waals surface area contributed by atoms with Crippen LogP contribution in [0, 0.1) is 0 Å². The Labute approximate surface area is 135 Å². The zero-order valence-electron chi connectivity index (χ0n) is 12.4. The normalized spacial score (nSPS) is 27.4. The van der Waals surface area contributed by atoms with Gasteiger partial charge in [0.25, 0.3) is 0 Å². The highest BCUT2D eigenvalue weighted by Crippen LogP contribution is 2.25. The summed E-state index contributed by atoms with van der Waals surface area (Å²) in [6.45, 7) is 3.61. The van der Waals surface area contributed by atoms with Crippen molar-refractivity contribution in [2.75, 3.05) is 13.1 Å². The van der Waals surface area contributed by atoms with E-state index in [0.29, 0.717) is 5.11 Å². The Morgan fingerprint density at radius 2 is 2.23 bits per heavy atom. The predicted molar refractivity (Wildman–Crippen MR) is 88.3 cm³/mol. The van der Waals surface area contributed by atoms with Crippen LogP contribution in [0.1, 0.15) is 23.1 Å². The second-order valence-corrected chi connectivity index (χ2v) is 6.58. The van der Waals surface area contributed by atoms with E-state index in [9.17, 15) is 4.79 Å². The van der Waals surface area contributed by atoms with E-state index in [0.717, 1.165) is 39.0 Å². The SMILES string of the molecule is O=C1NC(=S)N(Cc2cccc3c2CNCC3)C2CCNC12. The summed E-state index contributed by atoms with van der Waals surface area (Å²) in [7, 11) is 0. The first-order valence-electron chi connectivity index (χ1n) is 7.89. The summed E-state index contributed by atoms with van der Waals surface area (Å²) in [5, 5.41) is 10.1. The molecule has 3 aliphatic heterocycles. The van der Waals surface area contributed by atoms with E-state index in [-0.39, 0.29) is 18.0 Å². The van der Waals surface area contributed by atoms with Crippen molar-refractivity contribution >= 4 is 23.2 Å². The number of rotatable bonds is 2. The first-order valence-corrected chi connectivity index (χ1v) is 8.30. The molecule has 3 N–H and O–H groups in total. The number of amides is 1. The maximum atomic E-state index is 12.0. The summed E-state index contributed by atoms with van der Waals surface area (Å²) in [4.78, 5) is 14.2. The van der Waals surface area contributed by atoms with Gasteiger partial charge in [0.05, 0.1) is 6.04 Å². The van der Waals surface area contributed by atoms with Gasteiger partial charge in [0.15, 0.2) is 5.11 Å². The Balaban J connectivity index is 1.63. The van der Waals surface area contributed by atoms with Crippen LogP contribution in [0.4, 0.5) is 0 Å². The number of carbonyl (C=O) groups excluding carboxylic acids is 1. The number of hydrogen-bond acceptors (Lipinski definition) is 4. The standard InChI is InChI=1S/C16H20N4OS/c21-15-14-13(5-7-18-14)20(16(22)19-15)9-11-3-1-2-10-4-6-17-8-12(10)11/h1-3,13-14,17-18H,4-9H2,(H,19,21,22). The molecule has 1 aromatic rings. The molecular weight excluding hydrogens is 296 g/mol. The lowest BCUT2D eigenvalue weighted by atomic mass is 9.95. The number of nitrogens with zero attached hydrogens (tertiary/aromatic N) is 1. The van der Waals surface area contributed by atoms with Crippen molar-refractivity contribution in [3.8, 4) is 0 Å². The molecule has 0 bridgehead atoms. The number of hydrogen-bond donors (Lipinski definition) is 3. The molecule has 2 atom stereocenters. The summed E-state index contributed by atoms with van der Waals surface area (Å²) < 4.78 is 0. The fourth-order valence-corrected chi connectivity index (χ4v) is 4.11. The quantitative estimate of drug-likeness (QED) is 0.684. The maximum Gasteiger partial charge on any atom is 0.245 e. The summed E-state index contributed by atoms with van der Waals surface area (Å²) >= 11 is 5.43. The lowest BCUT2D eigenvalue weighted by Gasteiger charge is -2.39. The van der Waals surface area contributed by atoms with Crippen molar-refractivity contribution in [1.82, 2.24) is 20.9 Å². The van der Waals surface area contributed by atoms with Crippen molar-refractivity contribution in [1.29, 1.82) is 0 Å². The molecular formula is C16H20N4OS. The molecule has 2 saturated heterocycles. The highest BCUT2D eigenvalue weighted by atomic mass is 32.1. The largest absolute Gasteiger partial charge is 0.339 e. The van der Waals surface area contributed by atoms with Crippen LogP contribution in [0.3, 0.4) is 0 Å². The number of benzene rings is 1. The monoisotopic (exact) mass is 316 g/mol. The van der Waals surface area contributed by atoms with Crippen molar-refractivity contribution in [3.63, 3.8) is 0 Å². The van der Waals surface area contributed by atoms with Gasteiger partial charge in [-0.2, -0.15) is 0 Å². The number of nitrogens with one attached hydrogen (secondary N) is 3. The van der Waals surface area contributed by atoms with Gasteiger partial charge in [0, 0.05) is 13.1 Å². The molecule has 6 heteroatoms. The molecule has 116 valence electrons. The minimum absolute atomic E-state index is 0.0144. The minimum atomic E-state index is -0.135. The van der Waals surface area contributed by atoms with Gasteiger partial charge in [0.1, 0.15) is 6.04 Å². The zero-order valence-corrected chi connectivity index (χ0v) is 13.2. The van der Waals surface area contributed by atoms with E-state index >= 15 is 0 Å². The van der Waals surface area contributed by atoms with Crippen LogP contribution in [0.15, 0.2) is 18.2 Å². The number of thiocarbonyl (C=S) groups is 1. The molecule has 1 amide bonds. The summed E-state index contributed by atoms with van der Waals surface area (Å²) in [6.07, 6.45) is 2.05. The molecule has 22 heavy (non-hydrogen) atoms. The third-order valence-corrected chi connectivity index (χ3v) is 5.28. The van der Waals surface area contributed by atoms with Gasteiger partial charge in [-0.1, -0.05) is 18.2 Å². The average molecular weight is 316 g/mol. The van der Waals surface area contributed by atoms with E-state index in [4.69, 9.17) is 12.2 Å². The van der Waals surface area contributed by atoms with Gasteiger partial charge < -0.3 is 20.9 Å². The van der Waals surface area contributed by atoms with Crippen molar-refractivity contribution < 1.29 is 4.79 Å². The Kier molecular flexibility index (Phi) is 3.60. The molecule has 5 nitrogen and oxygen atoms in total. The molecule has 3 aliphatic rings. The first-order chi connectivity index (χ1) is 10.7. The molecule has 0 aromatic heterocycles. The van der Waals surface area contributed by atoms with Gasteiger partial charge >= 0.3 is 0 Å².